The van der Waals surface area contributed by atoms with E-state index in [0.29, 0.717) is 36.2 Å². The number of amides is 1. The molecule has 0 aliphatic heterocycles. The lowest BCUT2D eigenvalue weighted by molar-refractivity contribution is -0.121. The van der Waals surface area contributed by atoms with Gasteiger partial charge in [-0.3, -0.25) is 4.79 Å². The number of aromatic hydroxyl groups is 1. The Morgan fingerprint density at radius 2 is 1.93 bits per heavy atom. The Bertz CT molecular complexity index is 790. The fraction of sp³-hybridized carbons (Fsp3) is 0.435. The molecule has 1 aliphatic rings. The van der Waals surface area contributed by atoms with Crippen LogP contribution in [0.2, 0.25) is 5.02 Å². The average molecular weight is 401 g/mol. The van der Waals surface area contributed by atoms with Crippen LogP contribution in [0.4, 0.5) is 0 Å². The van der Waals surface area contributed by atoms with Crippen LogP contribution in [-0.2, 0) is 11.2 Å². The number of likely N-dealkylation sites (N-methyl/N-ethyl adjacent to an activating group) is 1. The quantitative estimate of drug-likeness (QED) is 0.662. The fourth-order valence-corrected chi connectivity index (χ4v) is 3.90. The molecule has 0 aromatic heterocycles. The molecule has 1 fully saturated rings. The molecule has 5 heteroatoms. The highest BCUT2D eigenvalue weighted by atomic mass is 35.5. The summed E-state index contributed by atoms with van der Waals surface area (Å²) in [6.45, 7) is 0.565. The SMILES string of the molecule is CN(C)C(CNC(=O)CC(c1ccccc1)C1CC1)Cc1ccc(O)cc1Cl. The van der Waals surface area contributed by atoms with Crippen LogP contribution in [-0.4, -0.2) is 42.6 Å². The molecule has 1 aliphatic carbocycles. The van der Waals surface area contributed by atoms with Crippen LogP contribution in [0.25, 0.3) is 0 Å². The molecule has 0 heterocycles. The van der Waals surface area contributed by atoms with E-state index in [1.165, 1.54) is 18.4 Å². The zero-order valence-corrected chi connectivity index (χ0v) is 17.3. The van der Waals surface area contributed by atoms with Crippen molar-refractivity contribution in [2.45, 2.75) is 37.6 Å². The van der Waals surface area contributed by atoms with Gasteiger partial charge < -0.3 is 15.3 Å². The maximum atomic E-state index is 12.7. The van der Waals surface area contributed by atoms with Gasteiger partial charge in [0.05, 0.1) is 0 Å². The van der Waals surface area contributed by atoms with Gasteiger partial charge in [0.2, 0.25) is 5.91 Å². The largest absolute Gasteiger partial charge is 0.508 e. The highest BCUT2D eigenvalue weighted by Gasteiger charge is 2.33. The van der Waals surface area contributed by atoms with E-state index in [-0.39, 0.29) is 17.7 Å². The first kappa shape index (κ1) is 20.7. The Morgan fingerprint density at radius 3 is 2.54 bits per heavy atom. The maximum absolute atomic E-state index is 12.7. The van der Waals surface area contributed by atoms with Crippen molar-refractivity contribution in [2.75, 3.05) is 20.6 Å². The average Bonchev–Trinajstić information content (AvgIpc) is 3.50. The molecule has 150 valence electrons. The lowest BCUT2D eigenvalue weighted by Crippen LogP contribution is -2.42. The highest BCUT2D eigenvalue weighted by molar-refractivity contribution is 6.31. The number of phenols is 1. The van der Waals surface area contributed by atoms with Crippen LogP contribution < -0.4 is 5.32 Å². The summed E-state index contributed by atoms with van der Waals surface area (Å²) >= 11 is 6.25. The summed E-state index contributed by atoms with van der Waals surface area (Å²) in [5.74, 6) is 1.21. The number of hydrogen-bond donors (Lipinski definition) is 2. The van der Waals surface area contributed by atoms with Gasteiger partial charge in [0, 0.05) is 24.0 Å². The predicted octanol–water partition coefficient (Wildman–Crippen LogP) is 4.22. The molecule has 0 saturated heterocycles. The van der Waals surface area contributed by atoms with E-state index < -0.39 is 0 Å². The van der Waals surface area contributed by atoms with Gasteiger partial charge in [0.15, 0.2) is 0 Å². The van der Waals surface area contributed by atoms with E-state index in [4.69, 9.17) is 11.6 Å². The fourth-order valence-electron chi connectivity index (χ4n) is 3.65. The summed E-state index contributed by atoms with van der Waals surface area (Å²) in [5, 5.41) is 13.2. The first-order valence-corrected chi connectivity index (χ1v) is 10.3. The van der Waals surface area contributed by atoms with Crippen LogP contribution in [0.15, 0.2) is 48.5 Å². The van der Waals surface area contributed by atoms with Crippen LogP contribution in [0.5, 0.6) is 5.75 Å². The second-order valence-electron chi connectivity index (χ2n) is 7.96. The van der Waals surface area contributed by atoms with Crippen LogP contribution >= 0.6 is 11.6 Å². The smallest absolute Gasteiger partial charge is 0.220 e. The first-order valence-electron chi connectivity index (χ1n) is 9.89. The molecule has 2 aromatic carbocycles. The minimum absolute atomic E-state index is 0.101. The monoisotopic (exact) mass is 400 g/mol. The molecular formula is C23H29ClN2O2. The summed E-state index contributed by atoms with van der Waals surface area (Å²) in [6.07, 6.45) is 3.67. The van der Waals surface area contributed by atoms with Gasteiger partial charge in [-0.1, -0.05) is 48.0 Å². The second kappa shape index (κ2) is 9.44. The summed E-state index contributed by atoms with van der Waals surface area (Å²) < 4.78 is 0. The molecule has 2 unspecified atom stereocenters. The van der Waals surface area contributed by atoms with Crippen molar-refractivity contribution in [3.8, 4) is 5.75 Å². The lowest BCUT2D eigenvalue weighted by atomic mass is 9.90. The number of halogens is 1. The molecular weight excluding hydrogens is 372 g/mol. The minimum Gasteiger partial charge on any atom is -0.508 e. The van der Waals surface area contributed by atoms with Crippen LogP contribution in [0.1, 0.15) is 36.3 Å². The molecule has 2 aromatic rings. The Kier molecular flexibility index (Phi) is 6.97. The van der Waals surface area contributed by atoms with E-state index in [1.54, 1.807) is 12.1 Å². The van der Waals surface area contributed by atoms with Gasteiger partial charge >= 0.3 is 0 Å². The third-order valence-electron chi connectivity index (χ3n) is 5.58. The number of benzene rings is 2. The highest BCUT2D eigenvalue weighted by Crippen LogP contribution is 2.44. The van der Waals surface area contributed by atoms with Gasteiger partial charge in [-0.2, -0.15) is 0 Å². The number of rotatable bonds is 9. The third kappa shape index (κ3) is 5.73. The van der Waals surface area contributed by atoms with E-state index >= 15 is 0 Å². The standard InChI is InChI=1S/C23H29ClN2O2/c1-26(2)19(12-18-10-11-20(27)13-22(18)24)15-25-23(28)14-21(17-8-9-17)16-6-4-3-5-7-16/h3-7,10-11,13,17,19,21,27H,8-9,12,14-15H2,1-2H3,(H,25,28). The Balaban J connectivity index is 1.57. The number of nitrogens with zero attached hydrogens (tertiary/aromatic N) is 1. The van der Waals surface area contributed by atoms with Crippen molar-refractivity contribution in [2.24, 2.45) is 5.92 Å². The molecule has 4 nitrogen and oxygen atoms in total. The molecule has 0 spiro atoms. The number of hydrogen-bond acceptors (Lipinski definition) is 3. The zero-order chi connectivity index (χ0) is 20.1. The van der Waals surface area contributed by atoms with Gasteiger partial charge in [-0.05, 0) is 68.5 Å². The Morgan fingerprint density at radius 1 is 1.21 bits per heavy atom. The molecule has 1 saturated carbocycles. The Hall–Kier alpha value is -2.04. The summed E-state index contributed by atoms with van der Waals surface area (Å²) in [7, 11) is 4.00. The van der Waals surface area contributed by atoms with Gasteiger partial charge in [-0.15, -0.1) is 0 Å². The molecule has 0 radical (unpaired) electrons. The van der Waals surface area contributed by atoms with Crippen LogP contribution in [0, 0.1) is 5.92 Å². The number of phenolic OH excluding ortho intramolecular Hbond substituents is 1. The summed E-state index contributed by atoms with van der Waals surface area (Å²) in [5.41, 5.74) is 2.23. The third-order valence-corrected chi connectivity index (χ3v) is 5.93. The van der Waals surface area contributed by atoms with E-state index in [0.717, 1.165) is 5.56 Å². The maximum Gasteiger partial charge on any atom is 0.220 e. The van der Waals surface area contributed by atoms with E-state index in [1.807, 2.05) is 38.4 Å². The topological polar surface area (TPSA) is 52.6 Å². The van der Waals surface area contributed by atoms with Crippen molar-refractivity contribution in [1.29, 1.82) is 0 Å². The number of carbonyl (C=O) groups is 1. The summed E-state index contributed by atoms with van der Waals surface area (Å²) in [6, 6.07) is 15.5. The molecule has 1 amide bonds. The normalized spacial score (nSPS) is 16.0. The van der Waals surface area contributed by atoms with Crippen molar-refractivity contribution in [3.05, 3.63) is 64.7 Å². The molecule has 2 N–H and O–H groups in total. The first-order chi connectivity index (χ1) is 13.4. The number of nitrogens with one attached hydrogen (secondary N) is 1. The Labute approximate surface area is 172 Å². The second-order valence-corrected chi connectivity index (χ2v) is 8.37. The summed E-state index contributed by atoms with van der Waals surface area (Å²) in [4.78, 5) is 14.8. The van der Waals surface area contributed by atoms with Crippen molar-refractivity contribution in [1.82, 2.24) is 10.2 Å². The van der Waals surface area contributed by atoms with E-state index in [2.05, 4.69) is 22.3 Å². The van der Waals surface area contributed by atoms with Gasteiger partial charge in [0.1, 0.15) is 5.75 Å². The van der Waals surface area contributed by atoms with Crippen molar-refractivity contribution < 1.29 is 9.90 Å². The lowest BCUT2D eigenvalue weighted by Gasteiger charge is -2.26. The molecule has 0 bridgehead atoms. The van der Waals surface area contributed by atoms with E-state index in [9.17, 15) is 9.90 Å². The molecule has 3 rings (SSSR count). The van der Waals surface area contributed by atoms with Crippen molar-refractivity contribution >= 4 is 17.5 Å². The predicted molar refractivity (Wildman–Crippen MR) is 114 cm³/mol. The van der Waals surface area contributed by atoms with Crippen LogP contribution in [0.3, 0.4) is 0 Å². The van der Waals surface area contributed by atoms with Gasteiger partial charge in [-0.25, -0.2) is 0 Å². The molecule has 28 heavy (non-hydrogen) atoms. The minimum atomic E-state index is 0.101. The van der Waals surface area contributed by atoms with Crippen molar-refractivity contribution in [3.63, 3.8) is 0 Å². The van der Waals surface area contributed by atoms with Gasteiger partial charge in [0.25, 0.3) is 0 Å². The number of carbonyl (C=O) groups excluding carboxylic acids is 1. The zero-order valence-electron chi connectivity index (χ0n) is 16.6. The molecule has 2 atom stereocenters.